The smallest absolute Gasteiger partial charge is 0.251 e. The molecule has 0 fully saturated rings. The predicted molar refractivity (Wildman–Crippen MR) is 85.2 cm³/mol. The SMILES string of the molecule is CCCNC(=O)c1ccc(NC(=O)C(C)(N)CCC)cc1. The Balaban J connectivity index is 2.66. The van der Waals surface area contributed by atoms with Gasteiger partial charge in [0.15, 0.2) is 0 Å². The lowest BCUT2D eigenvalue weighted by molar-refractivity contribution is -0.120. The van der Waals surface area contributed by atoms with E-state index in [4.69, 9.17) is 5.73 Å². The third-order valence-corrected chi connectivity index (χ3v) is 3.23. The van der Waals surface area contributed by atoms with Gasteiger partial charge in [0.1, 0.15) is 0 Å². The average Bonchev–Trinajstić information content (AvgIpc) is 2.45. The van der Waals surface area contributed by atoms with E-state index in [0.717, 1.165) is 12.8 Å². The molecule has 0 heterocycles. The molecule has 0 aromatic heterocycles. The van der Waals surface area contributed by atoms with E-state index in [-0.39, 0.29) is 11.8 Å². The number of rotatable bonds is 7. The number of amides is 2. The fraction of sp³-hybridized carbons (Fsp3) is 0.500. The van der Waals surface area contributed by atoms with Crippen LogP contribution in [0, 0.1) is 0 Å². The summed E-state index contributed by atoms with van der Waals surface area (Å²) < 4.78 is 0. The average molecular weight is 291 g/mol. The topological polar surface area (TPSA) is 84.2 Å². The van der Waals surface area contributed by atoms with Crippen molar-refractivity contribution in [2.45, 2.75) is 45.6 Å². The molecular formula is C16H25N3O2. The molecule has 0 saturated heterocycles. The van der Waals surface area contributed by atoms with Gasteiger partial charge in [-0.1, -0.05) is 20.3 Å². The molecule has 0 spiro atoms. The molecule has 116 valence electrons. The summed E-state index contributed by atoms with van der Waals surface area (Å²) in [7, 11) is 0. The van der Waals surface area contributed by atoms with Crippen LogP contribution in [0.3, 0.4) is 0 Å². The van der Waals surface area contributed by atoms with Crippen molar-refractivity contribution in [3.05, 3.63) is 29.8 Å². The van der Waals surface area contributed by atoms with Crippen molar-refractivity contribution >= 4 is 17.5 Å². The van der Waals surface area contributed by atoms with E-state index in [1.165, 1.54) is 0 Å². The molecule has 2 amide bonds. The zero-order valence-corrected chi connectivity index (χ0v) is 13.0. The summed E-state index contributed by atoms with van der Waals surface area (Å²) in [6.45, 7) is 6.36. The first-order valence-corrected chi connectivity index (χ1v) is 7.39. The van der Waals surface area contributed by atoms with E-state index in [9.17, 15) is 9.59 Å². The van der Waals surface area contributed by atoms with Crippen molar-refractivity contribution in [3.8, 4) is 0 Å². The van der Waals surface area contributed by atoms with Gasteiger partial charge in [0.25, 0.3) is 5.91 Å². The van der Waals surface area contributed by atoms with E-state index in [1.54, 1.807) is 31.2 Å². The van der Waals surface area contributed by atoms with Crippen LogP contribution in [0.5, 0.6) is 0 Å². The molecule has 0 radical (unpaired) electrons. The highest BCUT2D eigenvalue weighted by molar-refractivity contribution is 5.98. The Morgan fingerprint density at radius 3 is 2.29 bits per heavy atom. The van der Waals surface area contributed by atoms with Crippen LogP contribution < -0.4 is 16.4 Å². The van der Waals surface area contributed by atoms with Gasteiger partial charge in [-0.3, -0.25) is 9.59 Å². The number of nitrogens with one attached hydrogen (secondary N) is 2. The van der Waals surface area contributed by atoms with Crippen LogP contribution >= 0.6 is 0 Å². The molecular weight excluding hydrogens is 266 g/mol. The maximum atomic E-state index is 12.1. The number of carbonyl (C=O) groups is 2. The van der Waals surface area contributed by atoms with Crippen LogP contribution in [0.2, 0.25) is 0 Å². The minimum absolute atomic E-state index is 0.107. The fourth-order valence-corrected chi connectivity index (χ4v) is 1.95. The first-order valence-electron chi connectivity index (χ1n) is 7.39. The molecule has 0 aliphatic heterocycles. The lowest BCUT2D eigenvalue weighted by Gasteiger charge is -2.22. The Morgan fingerprint density at radius 1 is 1.14 bits per heavy atom. The highest BCUT2D eigenvalue weighted by Gasteiger charge is 2.27. The van der Waals surface area contributed by atoms with Crippen LogP contribution in [0.1, 0.15) is 50.4 Å². The third-order valence-electron chi connectivity index (χ3n) is 3.23. The molecule has 21 heavy (non-hydrogen) atoms. The van der Waals surface area contributed by atoms with Gasteiger partial charge in [-0.15, -0.1) is 0 Å². The number of hydrogen-bond donors (Lipinski definition) is 3. The minimum Gasteiger partial charge on any atom is -0.352 e. The van der Waals surface area contributed by atoms with Crippen molar-refractivity contribution in [2.75, 3.05) is 11.9 Å². The quantitative estimate of drug-likeness (QED) is 0.720. The van der Waals surface area contributed by atoms with E-state index in [2.05, 4.69) is 10.6 Å². The summed E-state index contributed by atoms with van der Waals surface area (Å²) in [6, 6.07) is 6.80. The Kier molecular flexibility index (Phi) is 6.37. The highest BCUT2D eigenvalue weighted by atomic mass is 16.2. The maximum absolute atomic E-state index is 12.1. The number of hydrogen-bond acceptors (Lipinski definition) is 3. The van der Waals surface area contributed by atoms with Gasteiger partial charge >= 0.3 is 0 Å². The van der Waals surface area contributed by atoms with Crippen LogP contribution in [0.4, 0.5) is 5.69 Å². The van der Waals surface area contributed by atoms with E-state index >= 15 is 0 Å². The van der Waals surface area contributed by atoms with Gasteiger partial charge in [0.2, 0.25) is 5.91 Å². The summed E-state index contributed by atoms with van der Waals surface area (Å²) in [5.74, 6) is -0.322. The summed E-state index contributed by atoms with van der Waals surface area (Å²) in [5, 5.41) is 5.58. The molecule has 5 nitrogen and oxygen atoms in total. The fourth-order valence-electron chi connectivity index (χ4n) is 1.95. The van der Waals surface area contributed by atoms with Crippen molar-refractivity contribution in [2.24, 2.45) is 5.73 Å². The van der Waals surface area contributed by atoms with Crippen LogP contribution in [-0.2, 0) is 4.79 Å². The Hall–Kier alpha value is -1.88. The van der Waals surface area contributed by atoms with Crippen molar-refractivity contribution in [1.82, 2.24) is 5.32 Å². The molecule has 0 saturated carbocycles. The van der Waals surface area contributed by atoms with Crippen molar-refractivity contribution < 1.29 is 9.59 Å². The first-order chi connectivity index (χ1) is 9.90. The normalized spacial score (nSPS) is 13.3. The van der Waals surface area contributed by atoms with Crippen LogP contribution in [-0.4, -0.2) is 23.9 Å². The molecule has 5 heteroatoms. The second-order valence-corrected chi connectivity index (χ2v) is 5.45. The molecule has 0 aliphatic rings. The number of benzene rings is 1. The zero-order valence-electron chi connectivity index (χ0n) is 13.0. The number of nitrogens with two attached hydrogens (primary N) is 1. The minimum atomic E-state index is -0.883. The van der Waals surface area contributed by atoms with Gasteiger partial charge in [-0.05, 0) is 44.0 Å². The summed E-state index contributed by atoms with van der Waals surface area (Å²) in [4.78, 5) is 23.8. The van der Waals surface area contributed by atoms with Gasteiger partial charge in [-0.25, -0.2) is 0 Å². The second-order valence-electron chi connectivity index (χ2n) is 5.45. The second kappa shape index (κ2) is 7.78. The third kappa shape index (κ3) is 5.19. The molecule has 1 atom stereocenters. The number of carbonyl (C=O) groups excluding carboxylic acids is 2. The van der Waals surface area contributed by atoms with Crippen molar-refractivity contribution in [3.63, 3.8) is 0 Å². The first kappa shape index (κ1) is 17.2. The van der Waals surface area contributed by atoms with E-state index < -0.39 is 5.54 Å². The van der Waals surface area contributed by atoms with Crippen molar-refractivity contribution in [1.29, 1.82) is 0 Å². The highest BCUT2D eigenvalue weighted by Crippen LogP contribution is 2.14. The molecule has 1 aromatic carbocycles. The Morgan fingerprint density at radius 2 is 1.76 bits per heavy atom. The van der Waals surface area contributed by atoms with E-state index in [1.807, 2.05) is 13.8 Å². The maximum Gasteiger partial charge on any atom is 0.251 e. The molecule has 1 unspecified atom stereocenters. The van der Waals surface area contributed by atoms with Crippen LogP contribution in [0.25, 0.3) is 0 Å². The molecule has 4 N–H and O–H groups in total. The Labute approximate surface area is 126 Å². The lowest BCUT2D eigenvalue weighted by atomic mass is 9.96. The van der Waals surface area contributed by atoms with Gasteiger partial charge in [0.05, 0.1) is 5.54 Å². The molecule has 0 aliphatic carbocycles. The summed E-state index contributed by atoms with van der Waals surface area (Å²) >= 11 is 0. The largest absolute Gasteiger partial charge is 0.352 e. The van der Waals surface area contributed by atoms with Gasteiger partial charge in [0, 0.05) is 17.8 Å². The monoisotopic (exact) mass is 291 g/mol. The standard InChI is InChI=1S/C16H25N3O2/c1-4-10-16(3,17)15(21)19-13-8-6-12(7-9-13)14(20)18-11-5-2/h6-9H,4-5,10-11,17H2,1-3H3,(H,18,20)(H,19,21). The predicted octanol–water partition coefficient (Wildman–Crippen LogP) is 2.28. The van der Waals surface area contributed by atoms with Gasteiger partial charge in [-0.2, -0.15) is 0 Å². The van der Waals surface area contributed by atoms with E-state index in [0.29, 0.717) is 24.2 Å². The zero-order chi connectivity index (χ0) is 15.9. The summed E-state index contributed by atoms with van der Waals surface area (Å²) in [5.41, 5.74) is 6.31. The molecule has 0 bridgehead atoms. The summed E-state index contributed by atoms with van der Waals surface area (Å²) in [6.07, 6.45) is 2.36. The molecule has 1 rings (SSSR count). The number of anilines is 1. The van der Waals surface area contributed by atoms with Gasteiger partial charge < -0.3 is 16.4 Å². The molecule has 1 aromatic rings. The lowest BCUT2D eigenvalue weighted by Crippen LogP contribution is -2.48. The van der Waals surface area contributed by atoms with Crippen LogP contribution in [0.15, 0.2) is 24.3 Å². The Bertz CT molecular complexity index is 481.